The lowest BCUT2D eigenvalue weighted by Gasteiger charge is -2.59. The molecule has 0 aromatic carbocycles. The number of rotatable bonds is 5. The van der Waals surface area contributed by atoms with Crippen molar-refractivity contribution in [3.05, 3.63) is 33.4 Å². The van der Waals surface area contributed by atoms with Gasteiger partial charge in [-0.2, -0.15) is 0 Å². The molecule has 0 saturated heterocycles. The highest BCUT2D eigenvalue weighted by molar-refractivity contribution is 5.93. The summed E-state index contributed by atoms with van der Waals surface area (Å²) in [4.78, 5) is 36.1. The summed E-state index contributed by atoms with van der Waals surface area (Å²) in [7, 11) is 0. The first-order valence-electron chi connectivity index (χ1n) is 10.3. The lowest BCUT2D eigenvalue weighted by atomic mass is 9.48. The Morgan fingerprint density at radius 3 is 2.29 bits per heavy atom. The average Bonchev–Trinajstić information content (AvgIpc) is 2.58. The first-order valence-corrected chi connectivity index (χ1v) is 10.3. The van der Waals surface area contributed by atoms with E-state index in [0.29, 0.717) is 5.56 Å². The van der Waals surface area contributed by atoms with Crippen molar-refractivity contribution in [2.75, 3.05) is 6.61 Å². The minimum absolute atomic E-state index is 0.0883. The van der Waals surface area contributed by atoms with Crippen LogP contribution in [0.5, 0.6) is 0 Å². The smallest absolute Gasteiger partial charge is 0.342 e. The minimum atomic E-state index is -0.642. The van der Waals surface area contributed by atoms with E-state index < -0.39 is 11.6 Å². The summed E-state index contributed by atoms with van der Waals surface area (Å²) >= 11 is 0. The number of aryl methyl sites for hydroxylation is 2. The van der Waals surface area contributed by atoms with Crippen LogP contribution in [0.2, 0.25) is 0 Å². The molecule has 1 amide bonds. The van der Waals surface area contributed by atoms with Gasteiger partial charge in [-0.05, 0) is 88.0 Å². The van der Waals surface area contributed by atoms with Gasteiger partial charge in [0.2, 0.25) is 0 Å². The van der Waals surface area contributed by atoms with Crippen LogP contribution in [0.3, 0.4) is 0 Å². The van der Waals surface area contributed by atoms with E-state index in [1.54, 1.807) is 13.8 Å². The highest BCUT2D eigenvalue weighted by atomic mass is 16.5. The molecule has 0 unspecified atom stereocenters. The Morgan fingerprint density at radius 1 is 1.18 bits per heavy atom. The molecule has 0 aliphatic heterocycles. The topological polar surface area (TPSA) is 85.6 Å². The molecule has 1 aromatic rings. The zero-order chi connectivity index (χ0) is 20.1. The monoisotopic (exact) mass is 387 g/mol. The van der Waals surface area contributed by atoms with Gasteiger partial charge in [0.15, 0.2) is 6.61 Å². The summed E-state index contributed by atoms with van der Waals surface area (Å²) in [6.07, 6.45) is 7.72. The van der Waals surface area contributed by atoms with Crippen LogP contribution in [0.1, 0.15) is 67.1 Å². The van der Waals surface area contributed by atoms with Crippen LogP contribution in [0, 0.1) is 37.0 Å². The van der Waals surface area contributed by atoms with E-state index in [-0.39, 0.29) is 35.3 Å². The summed E-state index contributed by atoms with van der Waals surface area (Å²) in [6.45, 7) is 4.97. The average molecular weight is 387 g/mol. The molecule has 6 nitrogen and oxygen atoms in total. The molecule has 28 heavy (non-hydrogen) atoms. The lowest BCUT2D eigenvalue weighted by molar-refractivity contribution is -0.128. The Bertz CT molecular complexity index is 793. The van der Waals surface area contributed by atoms with Crippen LogP contribution in [0.4, 0.5) is 0 Å². The summed E-state index contributed by atoms with van der Waals surface area (Å²) in [5, 5.41) is 3.09. The molecule has 4 bridgehead atoms. The van der Waals surface area contributed by atoms with Crippen molar-refractivity contribution in [3.8, 4) is 0 Å². The van der Waals surface area contributed by atoms with Gasteiger partial charge in [0.05, 0.1) is 0 Å². The Morgan fingerprint density at radius 2 is 1.75 bits per heavy atom. The van der Waals surface area contributed by atoms with Crippen LogP contribution in [0.25, 0.3) is 0 Å². The number of hydrogen-bond donors (Lipinski definition) is 1. The van der Waals surface area contributed by atoms with Crippen molar-refractivity contribution in [2.45, 2.75) is 65.3 Å². The number of hydrogen-bond acceptors (Lipinski definition) is 5. The number of ether oxygens (including phenoxy) is 1. The van der Waals surface area contributed by atoms with E-state index in [9.17, 15) is 14.4 Å². The second kappa shape index (κ2) is 7.05. The fourth-order valence-corrected chi connectivity index (χ4v) is 6.41. The maximum absolute atomic E-state index is 12.4. The van der Waals surface area contributed by atoms with E-state index in [1.807, 2.05) is 0 Å². The molecule has 0 spiro atoms. The molecule has 4 aliphatic carbocycles. The van der Waals surface area contributed by atoms with E-state index >= 15 is 0 Å². The van der Waals surface area contributed by atoms with Crippen LogP contribution in [-0.4, -0.2) is 24.5 Å². The number of carbonyl (C=O) groups excluding carboxylic acids is 2. The first-order chi connectivity index (χ1) is 13.3. The Kier molecular flexibility index (Phi) is 4.84. The van der Waals surface area contributed by atoms with Crippen LogP contribution >= 0.6 is 0 Å². The fraction of sp³-hybridized carbons (Fsp3) is 0.682. The van der Waals surface area contributed by atoms with Gasteiger partial charge in [-0.3, -0.25) is 4.79 Å². The van der Waals surface area contributed by atoms with Crippen LogP contribution < -0.4 is 10.9 Å². The molecule has 1 atom stereocenters. The number of carbonyl (C=O) groups is 2. The van der Waals surface area contributed by atoms with E-state index in [2.05, 4.69) is 12.2 Å². The molecule has 1 heterocycles. The normalized spacial score (nSPS) is 31.5. The SMILES string of the molecule is Cc1cc(=O)oc(C)c1C(=O)OCC(=O)N[C@H](C)C12CC3CC(CC(C3)C1)C2. The maximum atomic E-state index is 12.4. The Balaban J connectivity index is 1.35. The lowest BCUT2D eigenvalue weighted by Crippen LogP contribution is -2.56. The standard InChI is InChI=1S/C22H29NO5/c1-12-4-19(25)28-13(2)20(12)21(26)27-11-18(24)23-14(3)22-8-15-5-16(9-22)7-17(6-15)10-22/h4,14-17H,5-11H2,1-3H3,(H,23,24)/t14-,15?,16?,17?,22?/m1/s1. The first kappa shape index (κ1) is 19.2. The molecule has 4 fully saturated rings. The van der Waals surface area contributed by atoms with Crippen LogP contribution in [0.15, 0.2) is 15.3 Å². The molecule has 152 valence electrons. The molecule has 1 aromatic heterocycles. The molecule has 5 rings (SSSR count). The molecule has 1 N–H and O–H groups in total. The second-order valence-corrected chi connectivity index (χ2v) is 9.32. The zero-order valence-electron chi connectivity index (χ0n) is 16.9. The highest BCUT2D eigenvalue weighted by Gasteiger charge is 2.53. The summed E-state index contributed by atoms with van der Waals surface area (Å²) in [5.74, 6) is 1.75. The Labute approximate surface area is 165 Å². The van der Waals surface area contributed by atoms with Gasteiger partial charge in [0.25, 0.3) is 5.91 Å². The van der Waals surface area contributed by atoms with Crippen molar-refractivity contribution >= 4 is 11.9 Å². The van der Waals surface area contributed by atoms with E-state index in [4.69, 9.17) is 9.15 Å². The fourth-order valence-electron chi connectivity index (χ4n) is 6.41. The Hall–Kier alpha value is -2.11. The van der Waals surface area contributed by atoms with Crippen molar-refractivity contribution in [1.29, 1.82) is 0 Å². The molecular weight excluding hydrogens is 358 g/mol. The maximum Gasteiger partial charge on any atom is 0.342 e. The van der Waals surface area contributed by atoms with E-state index in [0.717, 1.165) is 17.8 Å². The van der Waals surface area contributed by atoms with Gasteiger partial charge in [0, 0.05) is 12.1 Å². The zero-order valence-corrected chi connectivity index (χ0v) is 16.9. The van der Waals surface area contributed by atoms with Crippen LogP contribution in [-0.2, 0) is 9.53 Å². The van der Waals surface area contributed by atoms with E-state index in [1.165, 1.54) is 44.6 Å². The third-order valence-corrected chi connectivity index (χ3v) is 7.25. The van der Waals surface area contributed by atoms with Gasteiger partial charge in [-0.1, -0.05) is 0 Å². The van der Waals surface area contributed by atoms with Gasteiger partial charge in [-0.25, -0.2) is 9.59 Å². The molecule has 4 aliphatic rings. The number of amides is 1. The van der Waals surface area contributed by atoms with Crippen molar-refractivity contribution < 1.29 is 18.7 Å². The molecule has 0 radical (unpaired) electrons. The summed E-state index contributed by atoms with van der Waals surface area (Å²) in [5.41, 5.74) is 0.404. The largest absolute Gasteiger partial charge is 0.452 e. The van der Waals surface area contributed by atoms with Gasteiger partial charge in [0.1, 0.15) is 11.3 Å². The van der Waals surface area contributed by atoms with Gasteiger partial charge in [-0.15, -0.1) is 0 Å². The second-order valence-electron chi connectivity index (χ2n) is 9.32. The van der Waals surface area contributed by atoms with Crippen molar-refractivity contribution in [1.82, 2.24) is 5.32 Å². The minimum Gasteiger partial charge on any atom is -0.452 e. The van der Waals surface area contributed by atoms with Gasteiger partial charge < -0.3 is 14.5 Å². The number of esters is 1. The summed E-state index contributed by atoms with van der Waals surface area (Å²) in [6, 6.07) is 1.34. The van der Waals surface area contributed by atoms with Crippen molar-refractivity contribution in [3.63, 3.8) is 0 Å². The third kappa shape index (κ3) is 3.49. The van der Waals surface area contributed by atoms with Crippen molar-refractivity contribution in [2.24, 2.45) is 23.2 Å². The van der Waals surface area contributed by atoms with Gasteiger partial charge >= 0.3 is 11.6 Å². The molecule has 4 saturated carbocycles. The number of nitrogens with one attached hydrogen (secondary N) is 1. The molecule has 6 heteroatoms. The summed E-state index contributed by atoms with van der Waals surface area (Å²) < 4.78 is 10.2. The highest BCUT2D eigenvalue weighted by Crippen LogP contribution is 2.61. The predicted octanol–water partition coefficient (Wildman–Crippen LogP) is 3.13. The third-order valence-electron chi connectivity index (χ3n) is 7.25. The predicted molar refractivity (Wildman–Crippen MR) is 103 cm³/mol. The molecular formula is C22H29NO5. The quantitative estimate of drug-likeness (QED) is 0.785.